The summed E-state index contributed by atoms with van der Waals surface area (Å²) in [4.78, 5) is 13.0. The molecule has 0 unspecified atom stereocenters. The number of sulfonamides is 1. The van der Waals surface area contributed by atoms with Crippen LogP contribution >= 0.6 is 11.6 Å². The van der Waals surface area contributed by atoms with Gasteiger partial charge in [0.15, 0.2) is 17.5 Å². The Morgan fingerprint density at radius 3 is 2.74 bits per heavy atom. The van der Waals surface area contributed by atoms with Crippen LogP contribution in [0.25, 0.3) is 22.7 Å². The molecule has 1 aliphatic carbocycles. The second-order valence-corrected chi connectivity index (χ2v) is 9.53. The number of nitrogens with zero attached hydrogens (tertiary/aromatic N) is 3. The molecule has 1 aromatic carbocycles. The summed E-state index contributed by atoms with van der Waals surface area (Å²) < 4.78 is 48.1. The van der Waals surface area contributed by atoms with E-state index in [-0.39, 0.29) is 39.4 Å². The van der Waals surface area contributed by atoms with Crippen LogP contribution in [0, 0.1) is 5.82 Å². The molecule has 0 spiro atoms. The van der Waals surface area contributed by atoms with Crippen molar-refractivity contribution in [2.75, 3.05) is 22.8 Å². The zero-order chi connectivity index (χ0) is 22.2. The molecule has 2 aromatic heterocycles. The first-order valence-electron chi connectivity index (χ1n) is 9.83. The molecule has 0 amide bonds. The summed E-state index contributed by atoms with van der Waals surface area (Å²) in [6.07, 6.45) is 3.82. The largest absolute Gasteiger partial charge is 0.438 e. The van der Waals surface area contributed by atoms with Crippen LogP contribution in [0.15, 0.2) is 28.8 Å². The maximum absolute atomic E-state index is 15.5. The van der Waals surface area contributed by atoms with Crippen LogP contribution in [0.3, 0.4) is 0 Å². The molecule has 0 bridgehead atoms. The minimum absolute atomic E-state index is 0.0250. The molecule has 0 radical (unpaired) electrons. The predicted octanol–water partition coefficient (Wildman–Crippen LogP) is 4.66. The van der Waals surface area contributed by atoms with Gasteiger partial charge in [-0.05, 0) is 37.5 Å². The van der Waals surface area contributed by atoms with Gasteiger partial charge in [0.05, 0.1) is 11.4 Å². The van der Waals surface area contributed by atoms with Crippen LogP contribution < -0.4 is 10.0 Å². The van der Waals surface area contributed by atoms with Gasteiger partial charge in [0.2, 0.25) is 16.0 Å². The fourth-order valence-corrected chi connectivity index (χ4v) is 4.47. The molecule has 1 aliphatic rings. The van der Waals surface area contributed by atoms with Gasteiger partial charge in [0.25, 0.3) is 0 Å². The highest BCUT2D eigenvalue weighted by Crippen LogP contribution is 2.44. The molecule has 1 saturated carbocycles. The summed E-state index contributed by atoms with van der Waals surface area (Å²) in [5, 5.41) is 3.01. The fourth-order valence-electron chi connectivity index (χ4n) is 3.13. The smallest absolute Gasteiger partial charge is 0.232 e. The number of hydrogen-bond donors (Lipinski definition) is 2. The van der Waals surface area contributed by atoms with Crippen molar-refractivity contribution in [2.24, 2.45) is 0 Å². The van der Waals surface area contributed by atoms with Gasteiger partial charge in [0.1, 0.15) is 11.4 Å². The van der Waals surface area contributed by atoms with Gasteiger partial charge in [-0.25, -0.2) is 27.8 Å². The van der Waals surface area contributed by atoms with Gasteiger partial charge in [-0.3, -0.25) is 4.72 Å². The molecule has 1 fully saturated rings. The number of halogens is 2. The number of aromatic nitrogens is 3. The van der Waals surface area contributed by atoms with Gasteiger partial charge < -0.3 is 9.73 Å². The Bertz CT molecular complexity index is 1230. The van der Waals surface area contributed by atoms with E-state index < -0.39 is 15.8 Å². The first-order valence-corrected chi connectivity index (χ1v) is 11.9. The highest BCUT2D eigenvalue weighted by Gasteiger charge is 2.32. The van der Waals surface area contributed by atoms with Crippen molar-refractivity contribution in [3.05, 3.63) is 41.1 Å². The fraction of sp³-hybridized carbons (Fsp3) is 0.350. The Labute approximate surface area is 184 Å². The zero-order valence-electron chi connectivity index (χ0n) is 16.9. The van der Waals surface area contributed by atoms with E-state index in [2.05, 4.69) is 25.0 Å². The average Bonchev–Trinajstić information content (AvgIpc) is 3.49. The van der Waals surface area contributed by atoms with Crippen LogP contribution in [0.4, 0.5) is 16.0 Å². The molecule has 0 aliphatic heterocycles. The molecule has 2 N–H and O–H groups in total. The van der Waals surface area contributed by atoms with E-state index in [1.54, 1.807) is 26.2 Å². The highest BCUT2D eigenvalue weighted by molar-refractivity contribution is 7.92. The Kier molecular flexibility index (Phi) is 5.85. The quantitative estimate of drug-likeness (QED) is 0.497. The normalized spacial score (nSPS) is 13.9. The molecule has 0 saturated heterocycles. The van der Waals surface area contributed by atoms with E-state index in [1.807, 2.05) is 0 Å². The molecule has 164 valence electrons. The van der Waals surface area contributed by atoms with Crippen molar-refractivity contribution >= 4 is 33.3 Å². The van der Waals surface area contributed by atoms with E-state index in [1.165, 1.54) is 12.1 Å². The number of nitrogens with one attached hydrogen (secondary N) is 2. The Balaban J connectivity index is 1.86. The van der Waals surface area contributed by atoms with Crippen molar-refractivity contribution in [2.45, 2.75) is 32.1 Å². The predicted molar refractivity (Wildman–Crippen MR) is 117 cm³/mol. The molecule has 8 nitrogen and oxygen atoms in total. The van der Waals surface area contributed by atoms with Gasteiger partial charge in [-0.1, -0.05) is 18.5 Å². The van der Waals surface area contributed by atoms with E-state index in [4.69, 9.17) is 16.0 Å². The van der Waals surface area contributed by atoms with Gasteiger partial charge >= 0.3 is 0 Å². The first kappa shape index (κ1) is 21.5. The first-order chi connectivity index (χ1) is 14.8. The van der Waals surface area contributed by atoms with Crippen molar-refractivity contribution in [1.82, 2.24) is 15.0 Å². The molecule has 0 atom stereocenters. The van der Waals surface area contributed by atoms with Crippen molar-refractivity contribution in [1.29, 1.82) is 0 Å². The van der Waals surface area contributed by atoms with E-state index in [0.717, 1.165) is 12.8 Å². The van der Waals surface area contributed by atoms with E-state index in [9.17, 15) is 8.42 Å². The van der Waals surface area contributed by atoms with E-state index >= 15 is 4.39 Å². The lowest BCUT2D eigenvalue weighted by atomic mass is 10.1. The lowest BCUT2D eigenvalue weighted by Crippen LogP contribution is -2.17. The second kappa shape index (κ2) is 8.43. The summed E-state index contributed by atoms with van der Waals surface area (Å²) in [5.74, 6) is 0.369. The topological polar surface area (TPSA) is 110 Å². The molecule has 11 heteroatoms. The SMILES string of the molecule is CCCS(=O)(=O)Nc1cc(Cl)cc(-c2nc(C3CC3)oc2-c2ccnc(NC)n2)c1F. The Morgan fingerprint density at radius 1 is 1.29 bits per heavy atom. The van der Waals surface area contributed by atoms with Crippen LogP contribution in [0.2, 0.25) is 5.02 Å². The summed E-state index contributed by atoms with van der Waals surface area (Å²) in [6.45, 7) is 1.72. The van der Waals surface area contributed by atoms with Crippen LogP contribution in [0.5, 0.6) is 0 Å². The summed E-state index contributed by atoms with van der Waals surface area (Å²) in [7, 11) is -2.03. The van der Waals surface area contributed by atoms with Crippen molar-refractivity contribution in [3.63, 3.8) is 0 Å². The Hall–Kier alpha value is -2.72. The number of anilines is 2. The van der Waals surface area contributed by atoms with Gasteiger partial charge in [-0.15, -0.1) is 0 Å². The minimum atomic E-state index is -3.71. The average molecular weight is 466 g/mol. The lowest BCUT2D eigenvalue weighted by Gasteiger charge is -2.11. The Morgan fingerprint density at radius 2 is 2.06 bits per heavy atom. The van der Waals surface area contributed by atoms with Crippen molar-refractivity contribution in [3.8, 4) is 22.7 Å². The maximum atomic E-state index is 15.5. The van der Waals surface area contributed by atoms with Crippen LogP contribution in [-0.2, 0) is 10.0 Å². The molecular formula is C20H21ClFN5O3S. The van der Waals surface area contributed by atoms with Gasteiger partial charge in [0, 0.05) is 29.7 Å². The summed E-state index contributed by atoms with van der Waals surface area (Å²) >= 11 is 6.21. The third-order valence-corrected chi connectivity index (χ3v) is 6.41. The molecule has 31 heavy (non-hydrogen) atoms. The minimum Gasteiger partial charge on any atom is -0.438 e. The summed E-state index contributed by atoms with van der Waals surface area (Å²) in [6, 6.07) is 4.26. The summed E-state index contributed by atoms with van der Waals surface area (Å²) in [5.41, 5.74) is 0.410. The maximum Gasteiger partial charge on any atom is 0.232 e. The number of benzene rings is 1. The molecule has 3 aromatic rings. The number of hydrogen-bond acceptors (Lipinski definition) is 7. The van der Waals surface area contributed by atoms with Crippen LogP contribution in [0.1, 0.15) is 38.0 Å². The molecule has 2 heterocycles. The standard InChI is InChI=1S/C20H21ClFN5O3S/c1-3-8-31(28,29)27-15-10-12(21)9-13(16(15)22)17-18(30-19(26-17)11-4-5-11)14-6-7-24-20(23-2)25-14/h6-7,9-11,27H,3-5,8H2,1-2H3,(H,23,24,25). The zero-order valence-corrected chi connectivity index (χ0v) is 18.5. The third kappa shape index (κ3) is 4.64. The second-order valence-electron chi connectivity index (χ2n) is 7.26. The lowest BCUT2D eigenvalue weighted by molar-refractivity contribution is 0.508. The van der Waals surface area contributed by atoms with Crippen LogP contribution in [-0.4, -0.2) is 36.2 Å². The monoisotopic (exact) mass is 465 g/mol. The number of oxazole rings is 1. The highest BCUT2D eigenvalue weighted by atomic mass is 35.5. The van der Waals surface area contributed by atoms with Crippen molar-refractivity contribution < 1.29 is 17.2 Å². The number of rotatable bonds is 8. The molecule has 4 rings (SSSR count). The molecular weight excluding hydrogens is 445 g/mol. The van der Waals surface area contributed by atoms with Gasteiger partial charge in [-0.2, -0.15) is 0 Å². The van der Waals surface area contributed by atoms with E-state index in [0.29, 0.717) is 24.0 Å². The third-order valence-electron chi connectivity index (χ3n) is 4.71.